The molecule has 0 radical (unpaired) electrons. The standard InChI is InChI=1S/C24H30N4O4/c1-13-16-5-7-28(23(16)27-12-26-13)18-10-20(22(30)21(18)29)32-19-9-15(24(2,3)31)8-14-4-6-25-11-17(14)19/h5,7-9,12,18,20-22,25,29-31H,4,6,10-11H2,1-3H3/t18?,20?,21-,22+/m0/s1. The number of nitrogens with zero attached hydrogens (tertiary/aromatic N) is 3. The van der Waals surface area contributed by atoms with Gasteiger partial charge in [0.05, 0.1) is 17.3 Å². The van der Waals surface area contributed by atoms with E-state index in [0.29, 0.717) is 18.7 Å². The summed E-state index contributed by atoms with van der Waals surface area (Å²) in [5.74, 6) is 0.652. The summed E-state index contributed by atoms with van der Waals surface area (Å²) in [6, 6.07) is 5.47. The van der Waals surface area contributed by atoms with Gasteiger partial charge in [0.25, 0.3) is 0 Å². The third-order valence-electron chi connectivity index (χ3n) is 6.82. The van der Waals surface area contributed by atoms with Crippen molar-refractivity contribution in [3.05, 3.63) is 53.1 Å². The number of benzene rings is 1. The lowest BCUT2D eigenvalue weighted by molar-refractivity contribution is -0.0168. The Kier molecular flexibility index (Phi) is 5.21. The van der Waals surface area contributed by atoms with E-state index in [9.17, 15) is 15.3 Å². The largest absolute Gasteiger partial charge is 0.487 e. The lowest BCUT2D eigenvalue weighted by Crippen LogP contribution is -2.35. The number of hydrogen-bond acceptors (Lipinski definition) is 7. The Morgan fingerprint density at radius 2 is 2.00 bits per heavy atom. The molecule has 5 rings (SSSR count). The van der Waals surface area contributed by atoms with Crippen molar-refractivity contribution in [1.29, 1.82) is 0 Å². The minimum atomic E-state index is -1.04. The highest BCUT2D eigenvalue weighted by atomic mass is 16.5. The van der Waals surface area contributed by atoms with Gasteiger partial charge in [0.1, 0.15) is 36.0 Å². The van der Waals surface area contributed by atoms with Crippen LogP contribution in [0.4, 0.5) is 0 Å². The van der Waals surface area contributed by atoms with Crippen molar-refractivity contribution >= 4 is 11.0 Å². The number of rotatable bonds is 4. The van der Waals surface area contributed by atoms with Gasteiger partial charge in [-0.3, -0.25) is 0 Å². The quantitative estimate of drug-likeness (QED) is 0.491. The summed E-state index contributed by atoms with van der Waals surface area (Å²) in [4.78, 5) is 8.63. The molecule has 0 amide bonds. The second-order valence-electron chi connectivity index (χ2n) is 9.46. The van der Waals surface area contributed by atoms with Crippen LogP contribution in [0.2, 0.25) is 0 Å². The highest BCUT2D eigenvalue weighted by Gasteiger charge is 2.44. The van der Waals surface area contributed by atoms with Gasteiger partial charge in [-0.25, -0.2) is 9.97 Å². The molecule has 0 saturated heterocycles. The Morgan fingerprint density at radius 1 is 1.19 bits per heavy atom. The lowest BCUT2D eigenvalue weighted by atomic mass is 9.90. The number of ether oxygens (including phenoxy) is 1. The van der Waals surface area contributed by atoms with E-state index in [4.69, 9.17) is 4.74 Å². The topological polar surface area (TPSA) is 113 Å². The number of aliphatic hydroxyl groups excluding tert-OH is 2. The summed E-state index contributed by atoms with van der Waals surface area (Å²) in [6.45, 7) is 6.98. The molecule has 3 aromatic rings. The second kappa shape index (κ2) is 7.81. The van der Waals surface area contributed by atoms with Gasteiger partial charge in [-0.1, -0.05) is 6.07 Å². The van der Waals surface area contributed by atoms with Gasteiger partial charge in [0, 0.05) is 30.1 Å². The summed E-state index contributed by atoms with van der Waals surface area (Å²) in [6.07, 6.45) is 2.07. The fourth-order valence-corrected chi connectivity index (χ4v) is 4.91. The molecule has 2 aliphatic rings. The summed E-state index contributed by atoms with van der Waals surface area (Å²) < 4.78 is 8.26. The van der Waals surface area contributed by atoms with Crippen molar-refractivity contribution in [3.63, 3.8) is 0 Å². The van der Waals surface area contributed by atoms with Gasteiger partial charge in [0.2, 0.25) is 0 Å². The SMILES string of the molecule is Cc1ncnc2c1ccn2C1CC(Oc2cc(C(C)(C)O)cc3c2CNCC3)[C@@H](O)[C@H]1O. The molecule has 8 nitrogen and oxygen atoms in total. The Balaban J connectivity index is 1.47. The van der Waals surface area contributed by atoms with E-state index in [1.807, 2.05) is 35.9 Å². The second-order valence-corrected chi connectivity index (χ2v) is 9.46. The molecule has 2 aromatic heterocycles. The van der Waals surface area contributed by atoms with E-state index in [1.54, 1.807) is 13.8 Å². The first-order chi connectivity index (χ1) is 15.2. The van der Waals surface area contributed by atoms with Gasteiger partial charge >= 0.3 is 0 Å². The first-order valence-corrected chi connectivity index (χ1v) is 11.1. The lowest BCUT2D eigenvalue weighted by Gasteiger charge is -2.28. The molecular weight excluding hydrogens is 408 g/mol. The number of hydrogen-bond donors (Lipinski definition) is 4. The third-order valence-corrected chi connectivity index (χ3v) is 6.82. The predicted molar refractivity (Wildman–Crippen MR) is 119 cm³/mol. The number of aryl methyl sites for hydroxylation is 1. The van der Waals surface area contributed by atoms with Crippen LogP contribution in [0.1, 0.15) is 48.7 Å². The van der Waals surface area contributed by atoms with E-state index in [-0.39, 0.29) is 6.04 Å². The molecule has 4 atom stereocenters. The molecule has 1 aliphatic carbocycles. The highest BCUT2D eigenvalue weighted by molar-refractivity contribution is 5.78. The molecule has 1 fully saturated rings. The van der Waals surface area contributed by atoms with Crippen LogP contribution in [0.25, 0.3) is 11.0 Å². The zero-order chi connectivity index (χ0) is 22.6. The minimum absolute atomic E-state index is 0.367. The van der Waals surface area contributed by atoms with Crippen molar-refractivity contribution in [1.82, 2.24) is 19.9 Å². The summed E-state index contributed by atoms with van der Waals surface area (Å²) in [5, 5.41) is 36.6. The molecule has 1 aromatic carbocycles. The van der Waals surface area contributed by atoms with E-state index in [1.165, 1.54) is 6.33 Å². The van der Waals surface area contributed by atoms with Gasteiger partial charge in [-0.2, -0.15) is 0 Å². The van der Waals surface area contributed by atoms with Crippen LogP contribution < -0.4 is 10.1 Å². The van der Waals surface area contributed by atoms with Crippen molar-refractivity contribution in [2.45, 2.75) is 70.1 Å². The molecule has 2 unspecified atom stereocenters. The van der Waals surface area contributed by atoms with E-state index in [0.717, 1.165) is 46.4 Å². The first-order valence-electron chi connectivity index (χ1n) is 11.1. The first kappa shape index (κ1) is 21.3. The zero-order valence-electron chi connectivity index (χ0n) is 18.6. The predicted octanol–water partition coefficient (Wildman–Crippen LogP) is 1.73. The zero-order valence-corrected chi connectivity index (χ0v) is 18.6. The van der Waals surface area contributed by atoms with Gasteiger partial charge in [-0.05, 0) is 57.0 Å². The van der Waals surface area contributed by atoms with E-state index >= 15 is 0 Å². The van der Waals surface area contributed by atoms with Crippen LogP contribution in [0.5, 0.6) is 5.75 Å². The van der Waals surface area contributed by atoms with Crippen LogP contribution in [0, 0.1) is 6.92 Å². The van der Waals surface area contributed by atoms with Crippen LogP contribution in [-0.4, -0.2) is 54.7 Å². The number of nitrogens with one attached hydrogen (secondary N) is 1. The van der Waals surface area contributed by atoms with E-state index < -0.39 is 23.9 Å². The molecule has 170 valence electrons. The Labute approximate surface area is 186 Å². The van der Waals surface area contributed by atoms with E-state index in [2.05, 4.69) is 15.3 Å². The Hall–Kier alpha value is -2.52. The molecule has 0 bridgehead atoms. The molecule has 32 heavy (non-hydrogen) atoms. The normalized spacial score (nSPS) is 25.8. The molecule has 4 N–H and O–H groups in total. The van der Waals surface area contributed by atoms with Crippen molar-refractivity contribution < 1.29 is 20.1 Å². The number of fused-ring (bicyclic) bond motifs is 2. The average molecular weight is 439 g/mol. The molecule has 0 spiro atoms. The van der Waals surface area contributed by atoms with Crippen LogP contribution in [0.3, 0.4) is 0 Å². The Bertz CT molecular complexity index is 1150. The minimum Gasteiger partial charge on any atom is -0.487 e. The maximum atomic E-state index is 10.9. The summed E-state index contributed by atoms with van der Waals surface area (Å²) in [7, 11) is 0. The van der Waals surface area contributed by atoms with Crippen molar-refractivity contribution in [2.24, 2.45) is 0 Å². The maximum absolute atomic E-state index is 10.9. The molecule has 1 aliphatic heterocycles. The van der Waals surface area contributed by atoms with Gasteiger partial charge in [-0.15, -0.1) is 0 Å². The van der Waals surface area contributed by atoms with Gasteiger partial charge in [0.15, 0.2) is 0 Å². The smallest absolute Gasteiger partial charge is 0.143 e. The monoisotopic (exact) mass is 438 g/mol. The molecule has 3 heterocycles. The average Bonchev–Trinajstić information content (AvgIpc) is 3.30. The molecular formula is C24H30N4O4. The Morgan fingerprint density at radius 3 is 2.78 bits per heavy atom. The number of aromatic nitrogens is 3. The number of aliphatic hydroxyl groups is 3. The summed E-state index contributed by atoms with van der Waals surface area (Å²) in [5.41, 5.74) is 3.57. The third kappa shape index (κ3) is 3.57. The molecule has 8 heteroatoms. The molecule has 1 saturated carbocycles. The maximum Gasteiger partial charge on any atom is 0.143 e. The fourth-order valence-electron chi connectivity index (χ4n) is 4.91. The fraction of sp³-hybridized carbons (Fsp3) is 0.500. The van der Waals surface area contributed by atoms with Crippen LogP contribution in [0.15, 0.2) is 30.7 Å². The van der Waals surface area contributed by atoms with Gasteiger partial charge < -0.3 is 29.9 Å². The van der Waals surface area contributed by atoms with Crippen LogP contribution in [-0.2, 0) is 18.6 Å². The van der Waals surface area contributed by atoms with Crippen molar-refractivity contribution in [2.75, 3.05) is 6.54 Å². The van der Waals surface area contributed by atoms with Crippen molar-refractivity contribution in [3.8, 4) is 5.75 Å². The van der Waals surface area contributed by atoms with Crippen LogP contribution >= 0.6 is 0 Å². The summed E-state index contributed by atoms with van der Waals surface area (Å²) >= 11 is 0. The highest BCUT2D eigenvalue weighted by Crippen LogP contribution is 2.38.